The number of ether oxygens (including phenoxy) is 9. The monoisotopic (exact) mass is 1740 g/mol. The lowest BCUT2D eigenvalue weighted by atomic mass is 9.84. The third kappa shape index (κ3) is 21.7. The van der Waals surface area contributed by atoms with E-state index in [0.717, 1.165) is 60.7 Å². The molecule has 0 spiro atoms. The fourth-order valence-corrected chi connectivity index (χ4v) is 15.6. The Morgan fingerprint density at radius 1 is 0.689 bits per heavy atom. The van der Waals surface area contributed by atoms with Crippen molar-refractivity contribution in [2.75, 3.05) is 51.3 Å². The zero-order valence-corrected chi connectivity index (χ0v) is 69.1. The van der Waals surface area contributed by atoms with E-state index in [1.54, 1.807) is 13.0 Å². The smallest absolute Gasteiger partial charge is 0.417 e. The van der Waals surface area contributed by atoms with Crippen molar-refractivity contribution in [2.24, 2.45) is 29.2 Å². The van der Waals surface area contributed by atoms with E-state index < -0.39 is 255 Å². The second-order valence-corrected chi connectivity index (χ2v) is 32.0. The number of primary amides is 1. The van der Waals surface area contributed by atoms with E-state index in [4.69, 9.17) is 77.3 Å². The van der Waals surface area contributed by atoms with E-state index in [1.807, 2.05) is 27.7 Å². The number of rotatable bonds is 25. The molecule has 7 heterocycles. The van der Waals surface area contributed by atoms with Gasteiger partial charge in [-0.25, -0.2) is 9.59 Å². The first kappa shape index (κ1) is 92.2. The molecule has 13 rings (SSSR count). The summed E-state index contributed by atoms with van der Waals surface area (Å²) in [5, 5.41) is 124. The Morgan fingerprint density at radius 3 is 1.89 bits per heavy atom. The molecule has 0 saturated carbocycles. The highest BCUT2D eigenvalue weighted by Crippen LogP contribution is 2.51. The highest BCUT2D eigenvalue weighted by atomic mass is 35.5. The van der Waals surface area contributed by atoms with Crippen molar-refractivity contribution < 1.29 is 132 Å². The minimum atomic E-state index is -2.37. The number of ketones is 2. The molecule has 122 heavy (non-hydrogen) atoms. The van der Waals surface area contributed by atoms with Crippen molar-refractivity contribution in [2.45, 2.75) is 184 Å². The van der Waals surface area contributed by atoms with Gasteiger partial charge in [0, 0.05) is 91.2 Å². The number of amides is 6. The first-order chi connectivity index (χ1) is 58.0. The summed E-state index contributed by atoms with van der Waals surface area (Å²) in [6, 6.07) is 9.95. The Bertz CT molecular complexity index is 4860. The summed E-state index contributed by atoms with van der Waals surface area (Å²) in [6.07, 6.45) is -21.4. The number of phenols is 2. The van der Waals surface area contributed by atoms with Gasteiger partial charge < -0.3 is 132 Å². The number of nitrogens with one attached hydrogen (secondary N) is 7. The number of halogens is 2. The molecule has 6 amide bonds. The minimum Gasteiger partial charge on any atom is -0.507 e. The molecule has 0 aliphatic carbocycles. The van der Waals surface area contributed by atoms with Crippen LogP contribution in [-0.2, 0) is 52.6 Å². The number of aliphatic hydroxyl groups excluding tert-OH is 6. The van der Waals surface area contributed by atoms with Crippen molar-refractivity contribution in [1.29, 1.82) is 0 Å². The fourth-order valence-electron chi connectivity index (χ4n) is 15.2. The van der Waals surface area contributed by atoms with Crippen LogP contribution in [0.2, 0.25) is 10.0 Å². The highest BCUT2D eigenvalue weighted by Gasteiger charge is 2.52. The van der Waals surface area contributed by atoms with Crippen molar-refractivity contribution in [3.05, 3.63) is 135 Å². The van der Waals surface area contributed by atoms with Gasteiger partial charge in [-0.3, -0.25) is 38.9 Å². The summed E-state index contributed by atoms with van der Waals surface area (Å²) in [4.78, 5) is 134. The molecular weight excluding hydrogens is 1640 g/mol. The van der Waals surface area contributed by atoms with Gasteiger partial charge in [0.05, 0.1) is 46.4 Å². The van der Waals surface area contributed by atoms with Gasteiger partial charge in [0.2, 0.25) is 41.6 Å². The lowest BCUT2D eigenvalue weighted by molar-refractivity contribution is -0.333. The topological polar surface area (TPSA) is 555 Å². The number of aliphatic carboxylic acids is 1. The standard InChI is InChI=1S/C84H101Cl2N9O27/c1-8-39(21-37(4)5)77(107)94-68-56(99)25-44(28-63(87)101)78(108)92-66-43-26-60(118-58-15-12-41(70(68)102)23-52(58)85)74(122-82-75(73(105)72(104)62(36-96)120-82)121-64-35-84(7,88)76(106)38(6)116-64)61(27-43)119-59-16-13-42(24-53(59)86)71(103)69-80(110)93-67(81(111)112)51-32-48(33-55(98)65(51)50-22-40(11-14-54(50)97)49(34-57(66)100)79(109)95-69)117-83(113)91-45-29-46(114-19-17-89-9-2)31-47(30-45)115-20-18-90-10-3/h11-16,22-24,26-27,29-33,37-39,44,49,62,64,66-73,75-76,82,89-90,96-98,102-106H,8-10,17-21,25,28,34-36,88H2,1-7H3,(H2,87,101)(H,91,113)(H,92,108)(H,93,110)(H,94,107)(H,95,109)(H,111,112)/t38-,39+,44-,49+,62+,64-,66+,67-,68-,69-,70+,71+,72+,73-,75+,76+,82-,84-/m0/s1. The van der Waals surface area contributed by atoms with Crippen LogP contribution < -0.4 is 77.1 Å². The van der Waals surface area contributed by atoms with Gasteiger partial charge in [0.1, 0.15) is 102 Å². The predicted octanol–water partition coefficient (Wildman–Crippen LogP) is 5.40. The second kappa shape index (κ2) is 40.2. The Hall–Kier alpha value is -10.6. The molecule has 6 aromatic carbocycles. The number of carboxylic acids is 1. The van der Waals surface area contributed by atoms with E-state index in [1.165, 1.54) is 44.2 Å². The summed E-state index contributed by atoms with van der Waals surface area (Å²) >= 11 is 14.3. The quantitative estimate of drug-likeness (QED) is 0.0319. The summed E-state index contributed by atoms with van der Waals surface area (Å²) in [7, 11) is 0. The molecule has 11 bridgehead atoms. The molecule has 0 aromatic heterocycles. The van der Waals surface area contributed by atoms with Gasteiger partial charge >= 0.3 is 12.1 Å². The third-order valence-corrected chi connectivity index (χ3v) is 22.1. The number of likely N-dealkylation sites (N-methyl/N-ethyl adjacent to an activating group) is 2. The summed E-state index contributed by atoms with van der Waals surface area (Å²) in [5.41, 5.74) is 8.36. The van der Waals surface area contributed by atoms with Crippen LogP contribution in [-0.4, -0.2) is 212 Å². The Morgan fingerprint density at radius 2 is 1.31 bits per heavy atom. The van der Waals surface area contributed by atoms with Crippen LogP contribution in [0.25, 0.3) is 11.1 Å². The van der Waals surface area contributed by atoms with Crippen molar-refractivity contribution >= 4 is 82.1 Å². The number of hydrogen-bond acceptors (Lipinski definition) is 29. The average Bonchev–Trinajstić information content (AvgIpc) is 0.764. The molecule has 2 saturated heterocycles. The third-order valence-electron chi connectivity index (χ3n) is 21.5. The lowest BCUT2D eigenvalue weighted by Crippen LogP contribution is -2.64. The molecule has 6 aromatic rings. The SMILES string of the molecule is CCNCCOc1cc(NC(=O)Oc2cc(O)c3c(c2)[C@@H](C(=O)O)NC(=O)[C@H]2NC(=O)[C@H](CC(=O)[C@@H]4NC(=O)[C@H](CC(N)=O)CC(=O)[C@H](NC(=O)[C@H](CC)CC(C)C)[C@H](O)c5ccc(c(Cl)c5)Oc5cc4cc(c5O[C@@H]4O[C@H](CO)[C@@H](O)[C@H](O)[C@H]4O[C@H]4C[C@](C)(N)[C@H](O)[C@H](C)O4)Oc4ccc(cc4Cl)[C@H]2O)c2ccc(O)c-3c2)cc(OCCNCC)c1. The van der Waals surface area contributed by atoms with Crippen LogP contribution in [0.15, 0.2) is 97.1 Å². The molecule has 0 radical (unpaired) electrons. The van der Waals surface area contributed by atoms with Crippen LogP contribution in [0.1, 0.15) is 145 Å². The zero-order valence-electron chi connectivity index (χ0n) is 67.6. The molecule has 36 nitrogen and oxygen atoms in total. The number of carbonyl (C=O) groups is 9. The molecule has 658 valence electrons. The summed E-state index contributed by atoms with van der Waals surface area (Å²) < 4.78 is 56.4. The number of carbonyl (C=O) groups excluding carboxylic acids is 8. The largest absolute Gasteiger partial charge is 0.507 e. The molecule has 2 fully saturated rings. The number of fused-ring (bicyclic) bond motifs is 15. The number of benzene rings is 6. The maximum absolute atomic E-state index is 16.5. The molecule has 7 aliphatic heterocycles. The van der Waals surface area contributed by atoms with E-state index in [0.29, 0.717) is 32.6 Å². The van der Waals surface area contributed by atoms with Gasteiger partial charge in [-0.2, -0.15) is 0 Å². The first-order valence-electron chi connectivity index (χ1n) is 39.8. The van der Waals surface area contributed by atoms with Gasteiger partial charge in [-0.05, 0) is 123 Å². The number of hydrogen-bond donors (Lipinski definition) is 18. The van der Waals surface area contributed by atoms with Crippen LogP contribution in [0.5, 0.6) is 57.5 Å². The number of nitrogens with two attached hydrogens (primary N) is 2. The van der Waals surface area contributed by atoms with Crippen molar-refractivity contribution in [1.82, 2.24) is 31.9 Å². The molecule has 7 aliphatic rings. The number of carboxylic acid groups (broad SMARTS) is 1. The second-order valence-electron chi connectivity index (χ2n) is 31.2. The fraction of sp³-hybridized carbons (Fsp3) is 0.464. The molecule has 20 N–H and O–H groups in total. The number of phenolic OH excluding ortho intramolecular Hbond substituents is 2. The average molecular weight is 1740 g/mol. The Balaban J connectivity index is 1.10. The van der Waals surface area contributed by atoms with Gasteiger partial charge in [-0.1, -0.05) is 76.0 Å². The Labute approximate surface area is 710 Å². The molecule has 0 unspecified atom stereocenters. The van der Waals surface area contributed by atoms with E-state index in [2.05, 4.69) is 37.2 Å². The summed E-state index contributed by atoms with van der Waals surface area (Å²) in [5.74, 6) is -18.9. The number of aromatic hydroxyl groups is 2. The Kier molecular flexibility index (Phi) is 30.4. The maximum atomic E-state index is 16.5. The van der Waals surface area contributed by atoms with Crippen LogP contribution in [0.4, 0.5) is 10.5 Å². The molecule has 18 atom stereocenters. The van der Waals surface area contributed by atoms with Crippen LogP contribution in [0.3, 0.4) is 0 Å². The van der Waals surface area contributed by atoms with Crippen LogP contribution >= 0.6 is 23.2 Å². The maximum Gasteiger partial charge on any atom is 0.417 e. The number of anilines is 1. The van der Waals surface area contributed by atoms with Gasteiger partial charge in [-0.15, -0.1) is 0 Å². The van der Waals surface area contributed by atoms with E-state index >= 15 is 24.0 Å². The number of aliphatic hydroxyl groups is 6. The van der Waals surface area contributed by atoms with E-state index in [-0.39, 0.29) is 76.6 Å². The van der Waals surface area contributed by atoms with Gasteiger partial charge in [0.25, 0.3) is 0 Å². The zero-order chi connectivity index (χ0) is 88.5. The van der Waals surface area contributed by atoms with Crippen LogP contribution in [0, 0.1) is 17.8 Å². The highest BCUT2D eigenvalue weighted by molar-refractivity contribution is 6.32. The van der Waals surface area contributed by atoms with Gasteiger partial charge in [0.15, 0.2) is 41.5 Å². The van der Waals surface area contributed by atoms with Crippen molar-refractivity contribution in [3.8, 4) is 68.6 Å². The lowest BCUT2D eigenvalue weighted by Gasteiger charge is -2.47. The predicted molar refractivity (Wildman–Crippen MR) is 435 cm³/mol. The minimum absolute atomic E-state index is 0.0347. The van der Waals surface area contributed by atoms with Crippen molar-refractivity contribution in [3.63, 3.8) is 0 Å². The number of Topliss-reactive ketones (excluding diaryl/α,β-unsaturated/α-hetero) is 2. The first-order valence-corrected chi connectivity index (χ1v) is 40.6. The molecule has 38 heteroatoms. The van der Waals surface area contributed by atoms with E-state index in [9.17, 15) is 65.1 Å². The normalized spacial score (nSPS) is 26.4. The molecular formula is C84H101Cl2N9O27. The summed E-state index contributed by atoms with van der Waals surface area (Å²) in [6.45, 7) is 14.0.